The van der Waals surface area contributed by atoms with Crippen LogP contribution in [0.2, 0.25) is 5.02 Å². The maximum absolute atomic E-state index is 12.0. The molecule has 0 aliphatic heterocycles. The number of thiophene rings is 1. The van der Waals surface area contributed by atoms with Crippen LogP contribution in [0.15, 0.2) is 47.5 Å². The molecule has 1 aliphatic rings. The topological polar surface area (TPSA) is 52.9 Å². The van der Waals surface area contributed by atoms with E-state index in [1.807, 2.05) is 29.6 Å². The Balaban J connectivity index is 1.80. The van der Waals surface area contributed by atoms with E-state index in [9.17, 15) is 4.79 Å². The number of nitrogens with zero attached hydrogens (tertiary/aromatic N) is 1. The van der Waals surface area contributed by atoms with Gasteiger partial charge in [-0.2, -0.15) is 5.26 Å². The van der Waals surface area contributed by atoms with Crippen molar-refractivity contribution in [3.05, 3.63) is 63.6 Å². The Labute approximate surface area is 137 Å². The molecule has 1 atom stereocenters. The Bertz CT molecular complexity index is 771. The third-order valence-corrected chi connectivity index (χ3v) is 4.73. The number of rotatable bonds is 3. The van der Waals surface area contributed by atoms with Crippen molar-refractivity contribution in [3.8, 4) is 6.07 Å². The Hall–Kier alpha value is -2.09. The van der Waals surface area contributed by atoms with Crippen molar-refractivity contribution in [2.45, 2.75) is 18.8 Å². The van der Waals surface area contributed by atoms with Crippen molar-refractivity contribution in [2.24, 2.45) is 0 Å². The van der Waals surface area contributed by atoms with Gasteiger partial charge in [-0.05, 0) is 41.5 Å². The van der Waals surface area contributed by atoms with E-state index in [0.29, 0.717) is 17.0 Å². The molecule has 1 aromatic carbocycles. The largest absolute Gasteiger partial charge is 0.349 e. The van der Waals surface area contributed by atoms with Crippen molar-refractivity contribution in [1.82, 2.24) is 0 Å². The van der Waals surface area contributed by atoms with Crippen molar-refractivity contribution >= 4 is 33.7 Å². The normalized spacial score (nSPS) is 17.7. The van der Waals surface area contributed by atoms with E-state index in [2.05, 4.69) is 11.4 Å². The summed E-state index contributed by atoms with van der Waals surface area (Å²) in [7, 11) is 0. The fourth-order valence-electron chi connectivity index (χ4n) is 2.59. The third kappa shape index (κ3) is 3.22. The van der Waals surface area contributed by atoms with Crippen LogP contribution < -0.4 is 5.32 Å². The lowest BCUT2D eigenvalue weighted by Gasteiger charge is -2.23. The second-order valence-electron chi connectivity index (χ2n) is 5.19. The van der Waals surface area contributed by atoms with Crippen LogP contribution in [0.1, 0.15) is 29.9 Å². The Morgan fingerprint density at radius 1 is 1.23 bits per heavy atom. The summed E-state index contributed by atoms with van der Waals surface area (Å²) < 4.78 is 0. The molecule has 3 nitrogen and oxygen atoms in total. The molecule has 0 saturated heterocycles. The van der Waals surface area contributed by atoms with Gasteiger partial charge in [-0.1, -0.05) is 23.7 Å². The van der Waals surface area contributed by atoms with Gasteiger partial charge in [-0.3, -0.25) is 4.79 Å². The molecule has 1 heterocycles. The average molecular weight is 329 g/mol. The number of nitriles is 1. The van der Waals surface area contributed by atoms with Gasteiger partial charge in [0.05, 0.1) is 5.56 Å². The number of carbonyl (C=O) groups excluding carboxylic acids is 1. The van der Waals surface area contributed by atoms with Gasteiger partial charge in [-0.25, -0.2) is 0 Å². The first-order valence-corrected chi connectivity index (χ1v) is 8.15. The van der Waals surface area contributed by atoms with Gasteiger partial charge in [-0.15, -0.1) is 11.3 Å². The van der Waals surface area contributed by atoms with Crippen molar-refractivity contribution in [2.75, 3.05) is 5.32 Å². The fourth-order valence-corrected chi connectivity index (χ4v) is 3.49. The van der Waals surface area contributed by atoms with Gasteiger partial charge < -0.3 is 5.32 Å². The number of nitrogens with one attached hydrogen (secondary N) is 1. The summed E-state index contributed by atoms with van der Waals surface area (Å²) in [6.07, 6.45) is 2.89. The maximum Gasteiger partial charge on any atom is 0.158 e. The molecule has 22 heavy (non-hydrogen) atoms. The number of carbonyl (C=O) groups is 1. The summed E-state index contributed by atoms with van der Waals surface area (Å²) in [5.74, 6) is 0.242. The lowest BCUT2D eigenvalue weighted by Crippen LogP contribution is -2.16. The Morgan fingerprint density at radius 2 is 2.00 bits per heavy atom. The number of hydrogen-bond acceptors (Lipinski definition) is 4. The first-order valence-electron chi connectivity index (χ1n) is 6.89. The lowest BCUT2D eigenvalue weighted by atomic mass is 9.85. The van der Waals surface area contributed by atoms with Crippen LogP contribution in [0.3, 0.4) is 0 Å². The third-order valence-electron chi connectivity index (χ3n) is 3.65. The molecule has 1 unspecified atom stereocenters. The van der Waals surface area contributed by atoms with E-state index in [1.54, 1.807) is 12.1 Å². The zero-order chi connectivity index (χ0) is 15.5. The van der Waals surface area contributed by atoms with E-state index in [0.717, 1.165) is 22.7 Å². The number of anilines is 1. The van der Waals surface area contributed by atoms with Gasteiger partial charge in [0.2, 0.25) is 0 Å². The van der Waals surface area contributed by atoms with Gasteiger partial charge in [0.15, 0.2) is 5.78 Å². The molecule has 0 saturated carbocycles. The number of ketones is 1. The molecule has 0 bridgehead atoms. The molecule has 0 spiro atoms. The molecule has 2 aromatic rings. The highest BCUT2D eigenvalue weighted by Gasteiger charge is 2.23. The second kappa shape index (κ2) is 6.35. The van der Waals surface area contributed by atoms with Gasteiger partial charge in [0.25, 0.3) is 0 Å². The molecular weight excluding hydrogens is 316 g/mol. The van der Waals surface area contributed by atoms with E-state index in [1.165, 1.54) is 11.3 Å². The van der Waals surface area contributed by atoms with Crippen LogP contribution in [-0.4, -0.2) is 5.78 Å². The molecule has 0 radical (unpaired) electrons. The predicted molar refractivity (Wildman–Crippen MR) is 89.2 cm³/mol. The van der Waals surface area contributed by atoms with Gasteiger partial charge in [0, 0.05) is 23.2 Å². The molecule has 1 aliphatic carbocycles. The molecule has 1 aromatic heterocycles. The molecule has 110 valence electrons. The minimum absolute atomic E-state index is 0.101. The van der Waals surface area contributed by atoms with E-state index in [-0.39, 0.29) is 11.7 Å². The summed E-state index contributed by atoms with van der Waals surface area (Å²) in [5, 5.41) is 15.6. The summed E-state index contributed by atoms with van der Waals surface area (Å²) in [4.78, 5) is 12.0. The summed E-state index contributed by atoms with van der Waals surface area (Å²) >= 11 is 7.38. The smallest absolute Gasteiger partial charge is 0.158 e. The highest BCUT2D eigenvalue weighted by Crippen LogP contribution is 2.34. The highest BCUT2D eigenvalue weighted by atomic mass is 35.5. The number of benzene rings is 1. The Morgan fingerprint density at radius 3 is 2.73 bits per heavy atom. The number of halogens is 1. The maximum atomic E-state index is 12.0. The van der Waals surface area contributed by atoms with Crippen LogP contribution in [0.4, 0.5) is 5.00 Å². The minimum Gasteiger partial charge on any atom is -0.349 e. The fraction of sp³-hybridized carbons (Fsp3) is 0.176. The van der Waals surface area contributed by atoms with Crippen molar-refractivity contribution < 1.29 is 4.79 Å². The van der Waals surface area contributed by atoms with Crippen LogP contribution in [0.25, 0.3) is 0 Å². The monoisotopic (exact) mass is 328 g/mol. The van der Waals surface area contributed by atoms with Gasteiger partial charge >= 0.3 is 0 Å². The van der Waals surface area contributed by atoms with Gasteiger partial charge in [0.1, 0.15) is 11.1 Å². The van der Waals surface area contributed by atoms with Crippen LogP contribution in [0.5, 0.6) is 0 Å². The summed E-state index contributed by atoms with van der Waals surface area (Å²) in [6, 6.07) is 11.5. The zero-order valence-corrected chi connectivity index (χ0v) is 13.2. The van der Waals surface area contributed by atoms with Crippen molar-refractivity contribution in [3.63, 3.8) is 0 Å². The molecule has 5 heteroatoms. The first-order chi connectivity index (χ1) is 10.7. The van der Waals surface area contributed by atoms with Crippen LogP contribution >= 0.6 is 22.9 Å². The molecule has 1 N–H and O–H groups in total. The molecule has 0 amide bonds. The van der Waals surface area contributed by atoms with Crippen molar-refractivity contribution in [1.29, 1.82) is 5.26 Å². The standard InChI is InChI=1S/C17H13ClN2OS/c18-14-3-1-11(2-4-14)13-7-15(9-16(21)8-13)20-17-12(10-19)5-6-22-17/h1-6,9,13,20H,7-8H2. The van der Waals surface area contributed by atoms with E-state index >= 15 is 0 Å². The summed E-state index contributed by atoms with van der Waals surface area (Å²) in [5.41, 5.74) is 2.57. The average Bonchev–Trinajstić information content (AvgIpc) is 2.94. The second-order valence-corrected chi connectivity index (χ2v) is 6.55. The molecule has 0 fully saturated rings. The SMILES string of the molecule is N#Cc1ccsc1NC1=CC(=O)CC(c2ccc(Cl)cc2)C1. The van der Waals surface area contributed by atoms with Crippen LogP contribution in [-0.2, 0) is 4.79 Å². The van der Waals surface area contributed by atoms with E-state index < -0.39 is 0 Å². The number of hydrogen-bond donors (Lipinski definition) is 1. The number of allylic oxidation sites excluding steroid dienone is 2. The first kappa shape index (κ1) is 14.8. The quantitative estimate of drug-likeness (QED) is 0.887. The predicted octanol–water partition coefficient (Wildman–Crippen LogP) is 4.72. The lowest BCUT2D eigenvalue weighted by molar-refractivity contribution is -0.115. The zero-order valence-electron chi connectivity index (χ0n) is 11.7. The summed E-state index contributed by atoms with van der Waals surface area (Å²) in [6.45, 7) is 0. The van der Waals surface area contributed by atoms with Crippen LogP contribution in [0, 0.1) is 11.3 Å². The minimum atomic E-state index is 0.101. The molecule has 3 rings (SSSR count). The highest BCUT2D eigenvalue weighted by molar-refractivity contribution is 7.14. The molecular formula is C17H13ClN2OS. The van der Waals surface area contributed by atoms with E-state index in [4.69, 9.17) is 16.9 Å². The Kier molecular flexibility index (Phi) is 4.28.